The maximum Gasteiger partial charge on any atom is 0.250 e. The zero-order valence-electron chi connectivity index (χ0n) is 7.21. The maximum atomic E-state index is 11.3. The first-order valence-electron chi connectivity index (χ1n) is 4.38. The van der Waals surface area contributed by atoms with Gasteiger partial charge in [0, 0.05) is 6.42 Å². The Hall–Kier alpha value is -1.10. The molecule has 13 heavy (non-hydrogen) atoms. The van der Waals surface area contributed by atoms with Gasteiger partial charge in [-0.25, -0.2) is 0 Å². The van der Waals surface area contributed by atoms with Gasteiger partial charge in [-0.05, 0) is 12.8 Å². The number of primary amides is 1. The van der Waals surface area contributed by atoms with Crippen LogP contribution in [-0.4, -0.2) is 30.1 Å². The Morgan fingerprint density at radius 1 is 1.46 bits per heavy atom. The van der Waals surface area contributed by atoms with E-state index < -0.39 is 11.4 Å². The average Bonchev–Trinajstić information content (AvgIpc) is 2.64. The van der Waals surface area contributed by atoms with Crippen LogP contribution in [-0.2, 0) is 14.3 Å². The highest BCUT2D eigenvalue weighted by molar-refractivity contribution is 5.94. The van der Waals surface area contributed by atoms with Crippen LogP contribution in [0.25, 0.3) is 0 Å². The van der Waals surface area contributed by atoms with Crippen LogP contribution >= 0.6 is 0 Å². The molecule has 2 aliphatic rings. The second-order valence-corrected chi connectivity index (χ2v) is 3.58. The predicted molar refractivity (Wildman–Crippen MR) is 43.7 cm³/mol. The summed E-state index contributed by atoms with van der Waals surface area (Å²) in [5.74, 6) is -0.650. The number of carbonyl (C=O) groups is 2. The number of nitrogens with one attached hydrogen (secondary N) is 1. The second-order valence-electron chi connectivity index (χ2n) is 3.58. The largest absolute Gasteiger partial charge is 0.368 e. The molecule has 72 valence electrons. The van der Waals surface area contributed by atoms with Crippen LogP contribution in [0, 0.1) is 0 Å². The molecule has 1 saturated heterocycles. The molecule has 0 spiro atoms. The van der Waals surface area contributed by atoms with Crippen LogP contribution in [0.2, 0.25) is 0 Å². The number of rotatable bonds is 3. The van der Waals surface area contributed by atoms with Gasteiger partial charge in [0.05, 0.1) is 6.61 Å². The predicted octanol–water partition coefficient (Wildman–Crippen LogP) is -1.09. The summed E-state index contributed by atoms with van der Waals surface area (Å²) in [6.45, 7) is 0.627. The molecular weight excluding hydrogens is 172 g/mol. The lowest BCUT2D eigenvalue weighted by molar-refractivity contribution is -0.147. The van der Waals surface area contributed by atoms with E-state index in [9.17, 15) is 9.59 Å². The molecule has 1 heterocycles. The van der Waals surface area contributed by atoms with E-state index in [0.717, 1.165) is 6.42 Å². The maximum absolute atomic E-state index is 11.3. The Kier molecular flexibility index (Phi) is 1.76. The molecule has 3 N–H and O–H groups in total. The van der Waals surface area contributed by atoms with Crippen molar-refractivity contribution in [3.63, 3.8) is 0 Å². The Balaban J connectivity index is 1.90. The zero-order valence-corrected chi connectivity index (χ0v) is 7.21. The van der Waals surface area contributed by atoms with Crippen LogP contribution in [0.5, 0.6) is 0 Å². The molecule has 1 atom stereocenters. The van der Waals surface area contributed by atoms with Crippen LogP contribution in [0.4, 0.5) is 0 Å². The number of hydrogen-bond acceptors (Lipinski definition) is 3. The number of ether oxygens (including phenoxy) is 1. The molecule has 0 bridgehead atoms. The Morgan fingerprint density at radius 3 is 2.38 bits per heavy atom. The molecule has 0 aromatic rings. The van der Waals surface area contributed by atoms with Crippen LogP contribution in [0.15, 0.2) is 0 Å². The molecule has 1 aliphatic heterocycles. The summed E-state index contributed by atoms with van der Waals surface area (Å²) >= 11 is 0. The lowest BCUT2D eigenvalue weighted by Gasteiger charge is -2.26. The molecule has 0 aromatic carbocycles. The third kappa shape index (κ3) is 1.39. The first kappa shape index (κ1) is 8.50. The summed E-state index contributed by atoms with van der Waals surface area (Å²) in [6.07, 6.45) is 1.68. The van der Waals surface area contributed by atoms with Gasteiger partial charge in [0.25, 0.3) is 0 Å². The third-order valence-electron chi connectivity index (χ3n) is 2.58. The highest BCUT2D eigenvalue weighted by Crippen LogP contribution is 2.35. The van der Waals surface area contributed by atoms with Gasteiger partial charge in [0.15, 0.2) is 0 Å². The van der Waals surface area contributed by atoms with Gasteiger partial charge in [0.1, 0.15) is 11.6 Å². The van der Waals surface area contributed by atoms with Crippen molar-refractivity contribution in [2.75, 3.05) is 6.61 Å². The zero-order chi connectivity index (χ0) is 9.47. The first-order chi connectivity index (χ1) is 6.14. The quantitative estimate of drug-likeness (QED) is 0.584. The van der Waals surface area contributed by atoms with Crippen molar-refractivity contribution in [2.24, 2.45) is 5.73 Å². The summed E-state index contributed by atoms with van der Waals surface area (Å²) in [5.41, 5.74) is 4.39. The van der Waals surface area contributed by atoms with Gasteiger partial charge < -0.3 is 15.8 Å². The van der Waals surface area contributed by atoms with Crippen LogP contribution in [0.3, 0.4) is 0 Å². The van der Waals surface area contributed by atoms with E-state index in [1.165, 1.54) is 0 Å². The van der Waals surface area contributed by atoms with Gasteiger partial charge >= 0.3 is 0 Å². The van der Waals surface area contributed by atoms with Crippen molar-refractivity contribution >= 4 is 11.8 Å². The molecule has 1 saturated carbocycles. The minimum atomic E-state index is -0.754. The fraction of sp³-hybridized carbons (Fsp3) is 0.750. The minimum Gasteiger partial charge on any atom is -0.368 e. The van der Waals surface area contributed by atoms with Crippen molar-refractivity contribution in [3.05, 3.63) is 0 Å². The average molecular weight is 184 g/mol. The van der Waals surface area contributed by atoms with Crippen molar-refractivity contribution in [2.45, 2.75) is 30.9 Å². The summed E-state index contributed by atoms with van der Waals surface area (Å²) in [6, 6.07) is 0. The number of carbonyl (C=O) groups excluding carboxylic acids is 2. The van der Waals surface area contributed by atoms with E-state index in [1.54, 1.807) is 0 Å². The molecule has 2 amide bonds. The molecule has 5 nitrogen and oxygen atoms in total. The second kappa shape index (κ2) is 2.70. The van der Waals surface area contributed by atoms with Gasteiger partial charge in [0.2, 0.25) is 11.8 Å². The molecule has 2 fully saturated rings. The highest BCUT2D eigenvalue weighted by atomic mass is 16.5. The van der Waals surface area contributed by atoms with E-state index in [2.05, 4.69) is 5.32 Å². The normalized spacial score (nSPS) is 28.8. The molecule has 0 radical (unpaired) electrons. The number of amides is 2. The summed E-state index contributed by atoms with van der Waals surface area (Å²) in [7, 11) is 0. The lowest BCUT2D eigenvalue weighted by atomic mass is 10.1. The van der Waals surface area contributed by atoms with Gasteiger partial charge in [-0.15, -0.1) is 0 Å². The number of nitrogens with two attached hydrogens (primary N) is 1. The highest BCUT2D eigenvalue weighted by Gasteiger charge is 2.51. The smallest absolute Gasteiger partial charge is 0.250 e. The summed E-state index contributed by atoms with van der Waals surface area (Å²) in [4.78, 5) is 22.3. The fourth-order valence-corrected chi connectivity index (χ4v) is 1.32. The molecule has 1 unspecified atom stereocenters. The van der Waals surface area contributed by atoms with E-state index in [-0.39, 0.29) is 12.0 Å². The van der Waals surface area contributed by atoms with Gasteiger partial charge in [-0.1, -0.05) is 0 Å². The Bertz CT molecular complexity index is 256. The van der Waals surface area contributed by atoms with E-state index in [4.69, 9.17) is 10.5 Å². The minimum absolute atomic E-state index is 0.206. The summed E-state index contributed by atoms with van der Waals surface area (Å²) < 4.78 is 4.98. The Morgan fingerprint density at radius 2 is 2.08 bits per heavy atom. The monoisotopic (exact) mass is 184 g/mol. The topological polar surface area (TPSA) is 81.4 Å². The molecule has 0 aromatic heterocycles. The van der Waals surface area contributed by atoms with E-state index in [0.29, 0.717) is 19.4 Å². The molecule has 5 heteroatoms. The van der Waals surface area contributed by atoms with Crippen LogP contribution < -0.4 is 11.1 Å². The first-order valence-corrected chi connectivity index (χ1v) is 4.38. The van der Waals surface area contributed by atoms with Crippen molar-refractivity contribution in [1.82, 2.24) is 5.32 Å². The lowest BCUT2D eigenvalue weighted by Crippen LogP contribution is -2.52. The van der Waals surface area contributed by atoms with Crippen molar-refractivity contribution in [1.29, 1.82) is 0 Å². The van der Waals surface area contributed by atoms with Crippen molar-refractivity contribution < 1.29 is 14.3 Å². The van der Waals surface area contributed by atoms with Crippen LogP contribution in [0.1, 0.15) is 19.3 Å². The standard InChI is InChI=1S/C8H12N2O3/c9-7(12)8(2-3-8)10-6(11)5-1-4-13-5/h5H,1-4H2,(H2,9,12)(H,10,11). The molecular formula is C8H12N2O3. The third-order valence-corrected chi connectivity index (χ3v) is 2.58. The fourth-order valence-electron chi connectivity index (χ4n) is 1.32. The summed E-state index contributed by atoms with van der Waals surface area (Å²) in [5, 5.41) is 2.63. The van der Waals surface area contributed by atoms with Gasteiger partial charge in [-0.2, -0.15) is 0 Å². The van der Waals surface area contributed by atoms with E-state index >= 15 is 0 Å². The SMILES string of the molecule is NC(=O)C1(NC(=O)C2CCO2)CC1. The Labute approximate surface area is 75.6 Å². The molecule has 2 rings (SSSR count). The van der Waals surface area contributed by atoms with Crippen molar-refractivity contribution in [3.8, 4) is 0 Å². The van der Waals surface area contributed by atoms with E-state index in [1.807, 2.05) is 0 Å². The number of hydrogen-bond donors (Lipinski definition) is 2. The molecule has 1 aliphatic carbocycles. The van der Waals surface area contributed by atoms with Gasteiger partial charge in [-0.3, -0.25) is 9.59 Å².